The van der Waals surface area contributed by atoms with Gasteiger partial charge in [0, 0.05) is 46.2 Å². The number of carbonyl (C=O) groups excluding carboxylic acids is 5. The minimum absolute atomic E-state index is 0.0230. The molecule has 47 heavy (non-hydrogen) atoms. The Morgan fingerprint density at radius 2 is 1.62 bits per heavy atom. The zero-order valence-electron chi connectivity index (χ0n) is 29.7. The third-order valence-corrected chi connectivity index (χ3v) is 10.9. The maximum absolute atomic E-state index is 14.3. The number of amides is 5. The summed E-state index contributed by atoms with van der Waals surface area (Å²) >= 11 is 0. The van der Waals surface area contributed by atoms with Crippen LogP contribution in [0.25, 0.3) is 0 Å². The third-order valence-electron chi connectivity index (χ3n) is 9.38. The lowest BCUT2D eigenvalue weighted by atomic mass is 9.85. The van der Waals surface area contributed by atoms with Gasteiger partial charge in [-0.25, -0.2) is 9.52 Å². The molecule has 1 aliphatic heterocycles. The number of fused-ring (bicyclic) bond motifs is 1. The van der Waals surface area contributed by atoms with Crippen LogP contribution in [-0.4, -0.2) is 105 Å². The molecule has 14 nitrogen and oxygen atoms in total. The Kier molecular flexibility index (Phi) is 12.7. The van der Waals surface area contributed by atoms with E-state index in [1.165, 1.54) is 19.0 Å². The van der Waals surface area contributed by atoms with Gasteiger partial charge in [0.2, 0.25) is 17.6 Å². The van der Waals surface area contributed by atoms with Gasteiger partial charge in [-0.15, -0.1) is 12.3 Å². The number of likely N-dealkylation sites (N-methyl/N-ethyl adjacent to an activating group) is 2. The van der Waals surface area contributed by atoms with Gasteiger partial charge >= 0.3 is 6.03 Å². The minimum Gasteiger partial charge on any atom is -0.350 e. The van der Waals surface area contributed by atoms with Crippen molar-refractivity contribution in [3.05, 3.63) is 0 Å². The Hall–Kier alpha value is -3.22. The summed E-state index contributed by atoms with van der Waals surface area (Å²) in [5.41, 5.74) is -1.58. The smallest absolute Gasteiger partial charge is 0.315 e. The summed E-state index contributed by atoms with van der Waals surface area (Å²) in [6.45, 7) is 17.2. The number of Topliss-reactive ketones (excluding diaryl/α,β-unsaturated/α-hetero) is 1. The lowest BCUT2D eigenvalue weighted by Gasteiger charge is -2.39. The average molecular weight is 682 g/mol. The first-order valence-corrected chi connectivity index (χ1v) is 17.5. The van der Waals surface area contributed by atoms with Crippen molar-refractivity contribution in [3.8, 4) is 12.3 Å². The maximum Gasteiger partial charge on any atom is 0.315 e. The topological polar surface area (TPSA) is 186 Å². The van der Waals surface area contributed by atoms with Crippen molar-refractivity contribution in [2.45, 2.75) is 99.3 Å². The normalized spacial score (nSPS) is 22.3. The molecular formula is C32H55N7O7S. The lowest BCUT2D eigenvalue weighted by molar-refractivity contribution is -0.145. The Bertz CT molecular complexity index is 1360. The van der Waals surface area contributed by atoms with Crippen molar-refractivity contribution in [2.75, 3.05) is 33.7 Å². The summed E-state index contributed by atoms with van der Waals surface area (Å²) in [6.07, 6.45) is 5.62. The van der Waals surface area contributed by atoms with E-state index in [0.717, 1.165) is 4.31 Å². The fourth-order valence-electron chi connectivity index (χ4n) is 6.17. The van der Waals surface area contributed by atoms with Crippen LogP contribution in [0.1, 0.15) is 75.2 Å². The Morgan fingerprint density at radius 3 is 2.11 bits per heavy atom. The Labute approximate surface area is 280 Å². The highest BCUT2D eigenvalue weighted by atomic mass is 32.2. The van der Waals surface area contributed by atoms with Crippen LogP contribution >= 0.6 is 0 Å². The summed E-state index contributed by atoms with van der Waals surface area (Å²) in [7, 11) is -1.05. The van der Waals surface area contributed by atoms with Crippen molar-refractivity contribution in [1.82, 2.24) is 35.2 Å². The maximum atomic E-state index is 14.3. The summed E-state index contributed by atoms with van der Waals surface area (Å²) in [5, 5.41) is 10.8. The number of carbonyl (C=O) groups is 5. The number of rotatable bonds is 14. The molecule has 5 amide bonds. The molecule has 2 fully saturated rings. The van der Waals surface area contributed by atoms with Crippen molar-refractivity contribution in [3.63, 3.8) is 0 Å². The molecule has 5 N–H and O–H groups in total. The van der Waals surface area contributed by atoms with Crippen LogP contribution in [0.15, 0.2) is 0 Å². The van der Waals surface area contributed by atoms with Crippen molar-refractivity contribution >= 4 is 39.7 Å². The highest BCUT2D eigenvalue weighted by Gasteiger charge is 2.70. The fourth-order valence-corrected chi connectivity index (χ4v) is 6.82. The molecule has 0 aromatic carbocycles. The molecule has 1 saturated carbocycles. The predicted octanol–water partition coefficient (Wildman–Crippen LogP) is 0.597. The van der Waals surface area contributed by atoms with Crippen LogP contribution in [0.5, 0.6) is 0 Å². The molecule has 0 aromatic rings. The van der Waals surface area contributed by atoms with Gasteiger partial charge in [-0.3, -0.25) is 19.2 Å². The molecule has 1 aliphatic carbocycles. The van der Waals surface area contributed by atoms with E-state index < -0.39 is 74.7 Å². The molecule has 0 aromatic heterocycles. The Balaban J connectivity index is 2.35. The highest BCUT2D eigenvalue weighted by Crippen LogP contribution is 2.65. The zero-order chi connectivity index (χ0) is 36.3. The van der Waals surface area contributed by atoms with Crippen LogP contribution in [0.3, 0.4) is 0 Å². The monoisotopic (exact) mass is 681 g/mol. The van der Waals surface area contributed by atoms with Crippen molar-refractivity contribution in [1.29, 1.82) is 0 Å². The summed E-state index contributed by atoms with van der Waals surface area (Å²) in [4.78, 5) is 68.4. The first-order valence-electron chi connectivity index (χ1n) is 16.0. The molecule has 1 unspecified atom stereocenters. The van der Waals surface area contributed by atoms with Gasteiger partial charge in [0.1, 0.15) is 12.1 Å². The molecule has 0 spiro atoms. The highest BCUT2D eigenvalue weighted by molar-refractivity contribution is 7.87. The second-order valence-electron chi connectivity index (χ2n) is 15.2. The van der Waals surface area contributed by atoms with E-state index in [9.17, 15) is 32.4 Å². The molecule has 0 radical (unpaired) electrons. The van der Waals surface area contributed by atoms with Crippen LogP contribution in [-0.2, 0) is 29.4 Å². The third kappa shape index (κ3) is 9.45. The first-order chi connectivity index (χ1) is 21.4. The number of urea groups is 1. The number of nitrogens with zero attached hydrogens (tertiary/aromatic N) is 2. The molecule has 0 bridgehead atoms. The number of terminal acetylenes is 1. The van der Waals surface area contributed by atoms with E-state index >= 15 is 0 Å². The van der Waals surface area contributed by atoms with Gasteiger partial charge in [-0.05, 0) is 41.4 Å². The molecule has 266 valence electrons. The molecule has 1 heterocycles. The van der Waals surface area contributed by atoms with Crippen LogP contribution in [0.2, 0.25) is 0 Å². The molecule has 1 saturated heterocycles. The number of hydrogen-bond donors (Lipinski definition) is 5. The summed E-state index contributed by atoms with van der Waals surface area (Å²) < 4.78 is 28.0. The predicted molar refractivity (Wildman–Crippen MR) is 179 cm³/mol. The van der Waals surface area contributed by atoms with E-state index in [-0.39, 0.29) is 49.7 Å². The SMILES string of the molecule is C#CCCC(NC(=O)[C@@H]1[C@@H]2[C@H](CN1C(=O)[C@@H](NC(=O)N[C@H](CN(C)S(=O)(=O)NC)C(C)(C)C)C(C)(C)C)C2(C)C)C(=O)C(=O)NCC. The summed E-state index contributed by atoms with van der Waals surface area (Å²) in [6, 6.07) is -4.46. The van der Waals surface area contributed by atoms with E-state index in [4.69, 9.17) is 6.42 Å². The van der Waals surface area contributed by atoms with E-state index in [0.29, 0.717) is 0 Å². The second-order valence-corrected chi connectivity index (χ2v) is 17.2. The van der Waals surface area contributed by atoms with Gasteiger partial charge in [0.05, 0.1) is 6.04 Å². The number of piperidine rings is 1. The van der Waals surface area contributed by atoms with Crippen LogP contribution in [0.4, 0.5) is 4.79 Å². The number of nitrogens with one attached hydrogen (secondary N) is 5. The quantitative estimate of drug-likeness (QED) is 0.131. The van der Waals surface area contributed by atoms with Crippen LogP contribution < -0.4 is 26.0 Å². The minimum atomic E-state index is -3.75. The summed E-state index contributed by atoms with van der Waals surface area (Å²) in [5.74, 6) is -0.401. The van der Waals surface area contributed by atoms with Crippen molar-refractivity contribution < 1.29 is 32.4 Å². The van der Waals surface area contributed by atoms with Crippen molar-refractivity contribution in [2.24, 2.45) is 28.1 Å². The largest absolute Gasteiger partial charge is 0.350 e. The molecule has 15 heteroatoms. The van der Waals surface area contributed by atoms with E-state index in [1.807, 2.05) is 34.6 Å². The number of ketones is 1. The van der Waals surface area contributed by atoms with Gasteiger partial charge < -0.3 is 26.2 Å². The van der Waals surface area contributed by atoms with Gasteiger partial charge in [0.15, 0.2) is 0 Å². The van der Waals surface area contributed by atoms with Gasteiger partial charge in [-0.1, -0.05) is 55.4 Å². The van der Waals surface area contributed by atoms with Crippen LogP contribution in [0, 0.1) is 40.4 Å². The second kappa shape index (κ2) is 14.9. The molecule has 6 atom stereocenters. The average Bonchev–Trinajstić information content (AvgIpc) is 3.27. The zero-order valence-corrected chi connectivity index (χ0v) is 30.6. The molecular weight excluding hydrogens is 626 g/mol. The number of hydrogen-bond acceptors (Lipinski definition) is 7. The lowest BCUT2D eigenvalue weighted by Crippen LogP contribution is -2.62. The van der Waals surface area contributed by atoms with E-state index in [1.54, 1.807) is 27.7 Å². The Morgan fingerprint density at radius 1 is 1.02 bits per heavy atom. The van der Waals surface area contributed by atoms with Gasteiger partial charge in [0.25, 0.3) is 16.1 Å². The molecule has 2 rings (SSSR count). The van der Waals surface area contributed by atoms with Gasteiger partial charge in [-0.2, -0.15) is 12.7 Å². The molecule has 2 aliphatic rings. The number of likely N-dealkylation sites (tertiary alicyclic amines) is 1. The fraction of sp³-hybridized carbons (Fsp3) is 0.781. The first kappa shape index (κ1) is 40.0. The van der Waals surface area contributed by atoms with E-state index in [2.05, 4.69) is 31.9 Å². The standard InChI is InChI=1S/C32H55N7O7S/c1-13-15-16-20(24(40)27(42)34-14-2)35-26(41)23-22-19(32(22,9)10)17-39(23)28(43)25(31(6,7)8)37-29(44)36-21(30(3,4)5)18-38(12)47(45,46)33-11/h1,19-23,25,33H,14-18H2,2-12H3,(H,34,42)(H,35,41)(H2,36,37,44)/t19-,20?,21+,22-,23-,25+/m0/s1.